The summed E-state index contributed by atoms with van der Waals surface area (Å²) in [6.07, 6.45) is 1.65. The third-order valence-electron chi connectivity index (χ3n) is 2.38. The van der Waals surface area contributed by atoms with Gasteiger partial charge in [0.05, 0.1) is 20.2 Å². The predicted molar refractivity (Wildman–Crippen MR) is 81.7 cm³/mol. The molecular weight excluding hydrogens is 396 g/mol. The lowest BCUT2D eigenvalue weighted by Crippen LogP contribution is -2.23. The topological polar surface area (TPSA) is 51.2 Å². The van der Waals surface area contributed by atoms with Crippen LogP contribution >= 0.6 is 43.2 Å². The molecule has 0 aliphatic carbocycles. The van der Waals surface area contributed by atoms with E-state index < -0.39 is 0 Å². The van der Waals surface area contributed by atoms with Gasteiger partial charge in [0.1, 0.15) is 0 Å². The minimum atomic E-state index is -0.139. The van der Waals surface area contributed by atoms with Gasteiger partial charge in [0.2, 0.25) is 5.88 Å². The summed E-state index contributed by atoms with van der Waals surface area (Å²) < 4.78 is 6.84. The first kappa shape index (κ1) is 14.5. The van der Waals surface area contributed by atoms with Crippen molar-refractivity contribution in [1.29, 1.82) is 0 Å². The van der Waals surface area contributed by atoms with Crippen LogP contribution in [0.5, 0.6) is 5.88 Å². The SMILES string of the molecule is COc1ncccc1CNC(=O)c1cc(Br)sc1Br. The quantitative estimate of drug-likeness (QED) is 0.845. The zero-order chi connectivity index (χ0) is 13.8. The number of nitrogens with zero attached hydrogens (tertiary/aromatic N) is 1. The number of pyridine rings is 1. The first-order valence-electron chi connectivity index (χ1n) is 5.32. The van der Waals surface area contributed by atoms with Gasteiger partial charge in [-0.25, -0.2) is 4.98 Å². The molecule has 4 nitrogen and oxygen atoms in total. The van der Waals surface area contributed by atoms with E-state index in [1.54, 1.807) is 25.4 Å². The van der Waals surface area contributed by atoms with E-state index in [4.69, 9.17) is 4.74 Å². The first-order valence-corrected chi connectivity index (χ1v) is 7.73. The van der Waals surface area contributed by atoms with Crippen LogP contribution in [0.4, 0.5) is 0 Å². The number of nitrogens with one attached hydrogen (secondary N) is 1. The van der Waals surface area contributed by atoms with Crippen LogP contribution in [0, 0.1) is 0 Å². The van der Waals surface area contributed by atoms with Crippen molar-refractivity contribution in [3.05, 3.63) is 43.1 Å². The Morgan fingerprint density at radius 3 is 2.95 bits per heavy atom. The van der Waals surface area contributed by atoms with Crippen LogP contribution in [0.15, 0.2) is 32.0 Å². The fraction of sp³-hybridized carbons (Fsp3) is 0.167. The molecule has 0 bridgehead atoms. The zero-order valence-corrected chi connectivity index (χ0v) is 13.9. The van der Waals surface area contributed by atoms with Gasteiger partial charge in [0, 0.05) is 18.3 Å². The maximum Gasteiger partial charge on any atom is 0.253 e. The van der Waals surface area contributed by atoms with E-state index in [2.05, 4.69) is 42.2 Å². The molecule has 100 valence electrons. The van der Waals surface area contributed by atoms with E-state index in [-0.39, 0.29) is 5.91 Å². The number of carbonyl (C=O) groups excluding carboxylic acids is 1. The smallest absolute Gasteiger partial charge is 0.253 e. The standard InChI is InChI=1S/C12H10Br2N2O2S/c1-18-12-7(3-2-4-15-12)6-16-11(17)8-5-9(13)19-10(8)14/h2-5H,6H2,1H3,(H,16,17). The summed E-state index contributed by atoms with van der Waals surface area (Å²) in [5.41, 5.74) is 1.45. The van der Waals surface area contributed by atoms with Crippen LogP contribution in [0.25, 0.3) is 0 Å². The second-order valence-corrected chi connectivity index (χ2v) is 7.34. The lowest BCUT2D eigenvalue weighted by molar-refractivity contribution is 0.0950. The molecule has 0 fully saturated rings. The molecule has 7 heteroatoms. The van der Waals surface area contributed by atoms with E-state index in [0.717, 1.165) is 13.1 Å². The number of carbonyl (C=O) groups is 1. The molecule has 0 aromatic carbocycles. The van der Waals surface area contributed by atoms with Gasteiger partial charge in [-0.2, -0.15) is 0 Å². The van der Waals surface area contributed by atoms with Crippen molar-refractivity contribution in [3.63, 3.8) is 0 Å². The Kier molecular flexibility index (Phi) is 4.95. The van der Waals surface area contributed by atoms with Gasteiger partial charge in [0.15, 0.2) is 0 Å². The predicted octanol–water partition coefficient (Wildman–Crippen LogP) is 3.61. The molecule has 19 heavy (non-hydrogen) atoms. The molecular formula is C12H10Br2N2O2S. The summed E-state index contributed by atoms with van der Waals surface area (Å²) in [5.74, 6) is 0.382. The van der Waals surface area contributed by atoms with E-state index >= 15 is 0 Å². The van der Waals surface area contributed by atoms with E-state index in [1.165, 1.54) is 11.3 Å². The third kappa shape index (κ3) is 3.55. The number of amides is 1. The largest absolute Gasteiger partial charge is 0.481 e. The van der Waals surface area contributed by atoms with Gasteiger partial charge < -0.3 is 10.1 Å². The zero-order valence-electron chi connectivity index (χ0n) is 9.94. The summed E-state index contributed by atoms with van der Waals surface area (Å²) in [7, 11) is 1.56. The fourth-order valence-corrected chi connectivity index (χ4v) is 4.30. The van der Waals surface area contributed by atoms with Crippen LogP contribution in [-0.2, 0) is 6.54 Å². The molecule has 2 heterocycles. The minimum absolute atomic E-state index is 0.139. The Morgan fingerprint density at radius 1 is 1.53 bits per heavy atom. The molecule has 2 rings (SSSR count). The van der Waals surface area contributed by atoms with E-state index in [0.29, 0.717) is 18.0 Å². The van der Waals surface area contributed by atoms with Gasteiger partial charge in [-0.15, -0.1) is 11.3 Å². The highest BCUT2D eigenvalue weighted by atomic mass is 79.9. The molecule has 0 saturated heterocycles. The average Bonchev–Trinajstić information content (AvgIpc) is 2.75. The van der Waals surface area contributed by atoms with Crippen molar-refractivity contribution in [1.82, 2.24) is 10.3 Å². The number of halogens is 2. The number of rotatable bonds is 4. The fourth-order valence-electron chi connectivity index (χ4n) is 1.51. The van der Waals surface area contributed by atoms with Crippen LogP contribution in [-0.4, -0.2) is 18.0 Å². The number of thiophene rings is 1. The van der Waals surface area contributed by atoms with Crippen molar-refractivity contribution in [2.75, 3.05) is 7.11 Å². The molecule has 1 amide bonds. The van der Waals surface area contributed by atoms with E-state index in [1.807, 2.05) is 6.07 Å². The lowest BCUT2D eigenvalue weighted by atomic mass is 10.2. The first-order chi connectivity index (χ1) is 9.11. The summed E-state index contributed by atoms with van der Waals surface area (Å²) >= 11 is 8.17. The Bertz CT molecular complexity index is 601. The van der Waals surface area contributed by atoms with Crippen molar-refractivity contribution >= 4 is 49.1 Å². The molecule has 0 radical (unpaired) electrons. The highest BCUT2D eigenvalue weighted by Crippen LogP contribution is 2.31. The van der Waals surface area contributed by atoms with Gasteiger partial charge in [-0.3, -0.25) is 4.79 Å². The Balaban J connectivity index is 2.06. The average molecular weight is 406 g/mol. The molecule has 0 unspecified atom stereocenters. The second-order valence-electron chi connectivity index (χ2n) is 3.59. The molecule has 0 aliphatic rings. The van der Waals surface area contributed by atoms with Gasteiger partial charge in [-0.1, -0.05) is 6.07 Å². The number of hydrogen-bond donors (Lipinski definition) is 1. The number of ether oxygens (including phenoxy) is 1. The summed E-state index contributed by atoms with van der Waals surface area (Å²) in [6, 6.07) is 5.45. The molecule has 2 aromatic heterocycles. The molecule has 0 atom stereocenters. The summed E-state index contributed by atoms with van der Waals surface area (Å²) in [6.45, 7) is 0.371. The lowest BCUT2D eigenvalue weighted by Gasteiger charge is -2.08. The highest BCUT2D eigenvalue weighted by Gasteiger charge is 2.14. The molecule has 0 spiro atoms. The Hall–Kier alpha value is -0.920. The molecule has 1 N–H and O–H groups in total. The van der Waals surface area contributed by atoms with Crippen LogP contribution in [0.2, 0.25) is 0 Å². The van der Waals surface area contributed by atoms with Crippen molar-refractivity contribution in [3.8, 4) is 5.88 Å². The Morgan fingerprint density at radius 2 is 2.32 bits per heavy atom. The maximum absolute atomic E-state index is 12.0. The van der Waals surface area contributed by atoms with Gasteiger partial charge in [-0.05, 0) is 44.0 Å². The van der Waals surface area contributed by atoms with Gasteiger partial charge >= 0.3 is 0 Å². The van der Waals surface area contributed by atoms with E-state index in [9.17, 15) is 4.79 Å². The molecule has 0 aliphatic heterocycles. The van der Waals surface area contributed by atoms with Gasteiger partial charge in [0.25, 0.3) is 5.91 Å². The Labute approximate surface area is 131 Å². The van der Waals surface area contributed by atoms with Crippen molar-refractivity contribution < 1.29 is 9.53 Å². The maximum atomic E-state index is 12.0. The second kappa shape index (κ2) is 6.49. The summed E-state index contributed by atoms with van der Waals surface area (Å²) in [4.78, 5) is 16.1. The van der Waals surface area contributed by atoms with Crippen LogP contribution in [0.1, 0.15) is 15.9 Å². The highest BCUT2D eigenvalue weighted by molar-refractivity contribution is 9.12. The van der Waals surface area contributed by atoms with Crippen LogP contribution < -0.4 is 10.1 Å². The number of methoxy groups -OCH3 is 1. The third-order valence-corrected chi connectivity index (χ3v) is 4.72. The van der Waals surface area contributed by atoms with Crippen LogP contribution in [0.3, 0.4) is 0 Å². The molecule has 0 saturated carbocycles. The summed E-state index contributed by atoms with van der Waals surface area (Å²) in [5, 5.41) is 2.84. The normalized spacial score (nSPS) is 10.3. The van der Waals surface area contributed by atoms with Crippen molar-refractivity contribution in [2.24, 2.45) is 0 Å². The molecule has 2 aromatic rings. The van der Waals surface area contributed by atoms with Crippen molar-refractivity contribution in [2.45, 2.75) is 6.54 Å². The monoisotopic (exact) mass is 404 g/mol. The minimum Gasteiger partial charge on any atom is -0.481 e. The number of aromatic nitrogens is 1. The number of hydrogen-bond acceptors (Lipinski definition) is 4.